The van der Waals surface area contributed by atoms with Gasteiger partial charge in [0.15, 0.2) is 0 Å². The average Bonchev–Trinajstić information content (AvgIpc) is 2.72. The Hall–Kier alpha value is -4.43. The highest BCUT2D eigenvalue weighted by Crippen LogP contribution is 2.25. The Morgan fingerprint density at radius 3 is 2.38 bits per heavy atom. The number of nitrogens with zero attached hydrogens (tertiary/aromatic N) is 4. The first kappa shape index (κ1) is 19.3. The largest absolute Gasteiger partial charge is 0.335 e. The van der Waals surface area contributed by atoms with Gasteiger partial charge in [0.05, 0.1) is 17.7 Å². The van der Waals surface area contributed by atoms with E-state index in [1.807, 2.05) is 38.1 Å². The zero-order valence-corrected chi connectivity index (χ0v) is 15.8. The maximum atomic E-state index is 12.1. The van der Waals surface area contributed by atoms with Gasteiger partial charge in [-0.1, -0.05) is 0 Å². The van der Waals surface area contributed by atoms with Crippen molar-refractivity contribution in [2.24, 2.45) is 0 Å². The van der Waals surface area contributed by atoms with Crippen molar-refractivity contribution in [1.29, 1.82) is 10.5 Å². The van der Waals surface area contributed by atoms with Crippen molar-refractivity contribution in [2.75, 3.05) is 10.6 Å². The molecule has 1 aromatic heterocycles. The minimum Gasteiger partial charge on any atom is -0.335 e. The van der Waals surface area contributed by atoms with Crippen LogP contribution in [0.4, 0.5) is 23.1 Å². The lowest BCUT2D eigenvalue weighted by atomic mass is 10.0. The minimum absolute atomic E-state index is 0.0797. The van der Waals surface area contributed by atoms with Crippen LogP contribution in [-0.4, -0.2) is 15.2 Å². The Balaban J connectivity index is 1.86. The number of H-pyrrole nitrogens is 1. The van der Waals surface area contributed by atoms with E-state index < -0.39 is 5.56 Å². The van der Waals surface area contributed by atoms with Crippen molar-refractivity contribution in [1.82, 2.24) is 15.2 Å². The molecule has 0 aliphatic rings. The van der Waals surface area contributed by atoms with Crippen LogP contribution in [0.2, 0.25) is 0 Å². The third-order valence-corrected chi connectivity index (χ3v) is 4.12. The lowest BCUT2D eigenvalue weighted by molar-refractivity contribution is 0.944. The first-order chi connectivity index (χ1) is 14.0. The SMILES string of the molecule is Cc1cc(C=CC#N)cc(C)c1Nc1n[nH]c(=O)c(Nc2ccc(C#N)cc2)n1. The van der Waals surface area contributed by atoms with Crippen molar-refractivity contribution in [3.63, 3.8) is 0 Å². The quantitative estimate of drug-likeness (QED) is 0.573. The van der Waals surface area contributed by atoms with Crippen LogP contribution in [0.5, 0.6) is 0 Å². The van der Waals surface area contributed by atoms with E-state index in [1.165, 1.54) is 6.08 Å². The molecule has 3 rings (SSSR count). The van der Waals surface area contributed by atoms with Gasteiger partial charge in [-0.3, -0.25) is 4.79 Å². The Labute approximate surface area is 167 Å². The van der Waals surface area contributed by atoms with Crippen LogP contribution in [0.15, 0.2) is 47.3 Å². The fraction of sp³-hybridized carbons (Fsp3) is 0.0952. The second-order valence-electron chi connectivity index (χ2n) is 6.27. The second kappa shape index (κ2) is 8.51. The van der Waals surface area contributed by atoms with E-state index in [0.717, 1.165) is 22.4 Å². The number of nitriles is 2. The van der Waals surface area contributed by atoms with Gasteiger partial charge in [-0.2, -0.15) is 15.5 Å². The predicted octanol–water partition coefficient (Wildman–Crippen LogP) is 3.68. The molecule has 0 atom stereocenters. The molecular formula is C21H17N7O. The van der Waals surface area contributed by atoms with Gasteiger partial charge < -0.3 is 10.6 Å². The highest BCUT2D eigenvalue weighted by atomic mass is 16.1. The molecule has 2 aromatic carbocycles. The Bertz CT molecular complexity index is 1190. The van der Waals surface area contributed by atoms with Gasteiger partial charge in [-0.15, -0.1) is 5.10 Å². The number of aromatic amines is 1. The Kier molecular flexibility index (Phi) is 5.67. The van der Waals surface area contributed by atoms with Crippen LogP contribution in [0.25, 0.3) is 6.08 Å². The number of allylic oxidation sites excluding steroid dienone is 1. The fourth-order valence-corrected chi connectivity index (χ4v) is 2.78. The molecule has 142 valence electrons. The zero-order valence-electron chi connectivity index (χ0n) is 15.8. The highest BCUT2D eigenvalue weighted by Gasteiger charge is 2.10. The van der Waals surface area contributed by atoms with Gasteiger partial charge in [0.25, 0.3) is 0 Å². The molecule has 0 saturated heterocycles. The molecule has 29 heavy (non-hydrogen) atoms. The van der Waals surface area contributed by atoms with Crippen LogP contribution >= 0.6 is 0 Å². The van der Waals surface area contributed by atoms with Crippen molar-refractivity contribution in [3.8, 4) is 12.1 Å². The number of rotatable bonds is 5. The summed E-state index contributed by atoms with van der Waals surface area (Å²) >= 11 is 0. The summed E-state index contributed by atoms with van der Waals surface area (Å²) in [5, 5.41) is 30.0. The maximum absolute atomic E-state index is 12.1. The van der Waals surface area contributed by atoms with Crippen LogP contribution in [0, 0.1) is 36.5 Å². The van der Waals surface area contributed by atoms with Gasteiger partial charge in [-0.05, 0) is 73.0 Å². The number of hydrogen-bond donors (Lipinski definition) is 3. The standard InChI is InChI=1S/C21H17N7O/c1-13-10-16(4-3-9-22)11-14(2)18(13)25-21-26-19(20(29)27-28-21)24-17-7-5-15(12-23)6-8-17/h3-8,10-11H,1-2H3,(H,27,29)(H2,24,25,26,28). The molecule has 8 heteroatoms. The van der Waals surface area contributed by atoms with Gasteiger partial charge in [0.1, 0.15) is 0 Å². The number of nitrogens with one attached hydrogen (secondary N) is 3. The van der Waals surface area contributed by atoms with E-state index in [-0.39, 0.29) is 11.8 Å². The average molecular weight is 383 g/mol. The summed E-state index contributed by atoms with van der Waals surface area (Å²) < 4.78 is 0. The third kappa shape index (κ3) is 4.65. The zero-order chi connectivity index (χ0) is 20.8. The van der Waals surface area contributed by atoms with E-state index in [1.54, 1.807) is 30.3 Å². The summed E-state index contributed by atoms with van der Waals surface area (Å²) in [5.41, 5.74) is 4.30. The molecule has 0 radical (unpaired) electrons. The molecule has 0 bridgehead atoms. The molecule has 0 unspecified atom stereocenters. The number of aromatic nitrogens is 3. The Morgan fingerprint density at radius 2 is 1.76 bits per heavy atom. The Morgan fingerprint density at radius 1 is 1.07 bits per heavy atom. The van der Waals surface area contributed by atoms with E-state index in [0.29, 0.717) is 11.3 Å². The first-order valence-corrected chi connectivity index (χ1v) is 8.68. The first-order valence-electron chi connectivity index (χ1n) is 8.68. The molecule has 0 amide bonds. The molecular weight excluding hydrogens is 366 g/mol. The molecule has 3 aromatic rings. The molecule has 8 nitrogen and oxygen atoms in total. The van der Waals surface area contributed by atoms with E-state index in [9.17, 15) is 4.79 Å². The van der Waals surface area contributed by atoms with Crippen molar-refractivity contribution >= 4 is 29.2 Å². The molecule has 0 spiro atoms. The van der Waals surface area contributed by atoms with Crippen molar-refractivity contribution < 1.29 is 0 Å². The molecule has 1 heterocycles. The highest BCUT2D eigenvalue weighted by molar-refractivity contribution is 5.68. The molecule has 0 fully saturated rings. The lowest BCUT2D eigenvalue weighted by Crippen LogP contribution is -2.17. The number of anilines is 4. The normalized spacial score (nSPS) is 10.3. The topological polar surface area (TPSA) is 130 Å². The summed E-state index contributed by atoms with van der Waals surface area (Å²) in [7, 11) is 0. The summed E-state index contributed by atoms with van der Waals surface area (Å²) in [6.45, 7) is 3.86. The van der Waals surface area contributed by atoms with Gasteiger partial charge in [0.2, 0.25) is 11.8 Å². The summed E-state index contributed by atoms with van der Waals surface area (Å²) in [6.07, 6.45) is 3.16. The van der Waals surface area contributed by atoms with Crippen LogP contribution < -0.4 is 16.2 Å². The second-order valence-corrected chi connectivity index (χ2v) is 6.27. The van der Waals surface area contributed by atoms with E-state index in [2.05, 4.69) is 25.8 Å². The van der Waals surface area contributed by atoms with Gasteiger partial charge in [0, 0.05) is 17.5 Å². The monoisotopic (exact) mass is 383 g/mol. The van der Waals surface area contributed by atoms with E-state index in [4.69, 9.17) is 10.5 Å². The fourth-order valence-electron chi connectivity index (χ4n) is 2.78. The number of hydrogen-bond acceptors (Lipinski definition) is 7. The molecule has 0 aliphatic heterocycles. The summed E-state index contributed by atoms with van der Waals surface area (Å²) in [4.78, 5) is 16.3. The van der Waals surface area contributed by atoms with Crippen LogP contribution in [-0.2, 0) is 0 Å². The minimum atomic E-state index is -0.467. The lowest BCUT2D eigenvalue weighted by Gasteiger charge is -2.13. The van der Waals surface area contributed by atoms with E-state index >= 15 is 0 Å². The summed E-state index contributed by atoms with van der Waals surface area (Å²) in [5.74, 6) is 0.309. The molecule has 3 N–H and O–H groups in total. The number of aryl methyl sites for hydroxylation is 2. The predicted molar refractivity (Wildman–Crippen MR) is 111 cm³/mol. The van der Waals surface area contributed by atoms with Crippen LogP contribution in [0.3, 0.4) is 0 Å². The van der Waals surface area contributed by atoms with Crippen molar-refractivity contribution in [2.45, 2.75) is 13.8 Å². The van der Waals surface area contributed by atoms with Crippen molar-refractivity contribution in [3.05, 3.63) is 75.1 Å². The molecule has 0 saturated carbocycles. The maximum Gasteiger partial charge on any atom is 0.307 e. The van der Waals surface area contributed by atoms with Crippen LogP contribution in [0.1, 0.15) is 22.3 Å². The molecule has 0 aliphatic carbocycles. The van der Waals surface area contributed by atoms with Gasteiger partial charge >= 0.3 is 5.56 Å². The third-order valence-electron chi connectivity index (χ3n) is 4.12. The van der Waals surface area contributed by atoms with Gasteiger partial charge in [-0.25, -0.2) is 5.10 Å². The number of benzene rings is 2. The smallest absolute Gasteiger partial charge is 0.307 e. The summed E-state index contributed by atoms with van der Waals surface area (Å²) in [6, 6.07) is 14.6.